The minimum atomic E-state index is 0.528. The SMILES string of the molecule is CN1CCCCC1[C@@H]1C[C@H]1N. The lowest BCUT2D eigenvalue weighted by Crippen LogP contribution is -2.39. The van der Waals surface area contributed by atoms with Gasteiger partial charge in [-0.15, -0.1) is 0 Å². The summed E-state index contributed by atoms with van der Waals surface area (Å²) in [5.74, 6) is 0.834. The lowest BCUT2D eigenvalue weighted by molar-refractivity contribution is 0.164. The summed E-state index contributed by atoms with van der Waals surface area (Å²) in [6, 6.07) is 1.35. The van der Waals surface area contributed by atoms with Gasteiger partial charge in [0.05, 0.1) is 0 Å². The van der Waals surface area contributed by atoms with E-state index in [1.165, 1.54) is 32.2 Å². The molecule has 1 saturated heterocycles. The summed E-state index contributed by atoms with van der Waals surface area (Å²) < 4.78 is 0. The third kappa shape index (κ3) is 1.42. The summed E-state index contributed by atoms with van der Waals surface area (Å²) in [4.78, 5) is 2.50. The van der Waals surface area contributed by atoms with Gasteiger partial charge in [-0.2, -0.15) is 0 Å². The molecule has 1 heterocycles. The number of hydrogen-bond donors (Lipinski definition) is 1. The van der Waals surface area contributed by atoms with E-state index in [9.17, 15) is 0 Å². The summed E-state index contributed by atoms with van der Waals surface area (Å²) in [6.07, 6.45) is 5.46. The number of nitrogens with two attached hydrogens (primary N) is 1. The summed E-state index contributed by atoms with van der Waals surface area (Å²) in [5.41, 5.74) is 5.83. The lowest BCUT2D eigenvalue weighted by atomic mass is 9.99. The molecule has 64 valence electrons. The third-order valence-corrected chi connectivity index (χ3v) is 3.21. The van der Waals surface area contributed by atoms with E-state index >= 15 is 0 Å². The molecule has 2 nitrogen and oxygen atoms in total. The fraction of sp³-hybridized carbons (Fsp3) is 1.00. The van der Waals surface area contributed by atoms with Gasteiger partial charge >= 0.3 is 0 Å². The molecular formula is C9H18N2. The maximum atomic E-state index is 5.83. The van der Waals surface area contributed by atoms with Crippen LogP contribution in [0.5, 0.6) is 0 Å². The maximum Gasteiger partial charge on any atom is 0.0136 e. The molecule has 2 rings (SSSR count). The van der Waals surface area contributed by atoms with Gasteiger partial charge in [0.15, 0.2) is 0 Å². The normalized spacial score (nSPS) is 45.8. The molecule has 0 aromatic rings. The topological polar surface area (TPSA) is 29.3 Å². The Labute approximate surface area is 68.7 Å². The van der Waals surface area contributed by atoms with E-state index in [0.717, 1.165) is 12.0 Å². The molecule has 0 aromatic carbocycles. The summed E-state index contributed by atoms with van der Waals surface area (Å²) in [6.45, 7) is 1.29. The second kappa shape index (κ2) is 2.76. The Morgan fingerprint density at radius 2 is 2.09 bits per heavy atom. The molecule has 2 fully saturated rings. The van der Waals surface area contributed by atoms with Crippen molar-refractivity contribution >= 4 is 0 Å². The smallest absolute Gasteiger partial charge is 0.0136 e. The summed E-state index contributed by atoms with van der Waals surface area (Å²) in [5, 5.41) is 0. The quantitative estimate of drug-likeness (QED) is 0.606. The third-order valence-electron chi connectivity index (χ3n) is 3.21. The minimum Gasteiger partial charge on any atom is -0.327 e. The van der Waals surface area contributed by atoms with Crippen molar-refractivity contribution in [2.24, 2.45) is 11.7 Å². The monoisotopic (exact) mass is 154 g/mol. The van der Waals surface area contributed by atoms with Gasteiger partial charge in [0.2, 0.25) is 0 Å². The zero-order valence-electron chi connectivity index (χ0n) is 7.29. The minimum absolute atomic E-state index is 0.528. The predicted octanol–water partition coefficient (Wildman–Crippen LogP) is 0.818. The van der Waals surface area contributed by atoms with Crippen LogP contribution in [0.3, 0.4) is 0 Å². The van der Waals surface area contributed by atoms with Gasteiger partial charge in [-0.25, -0.2) is 0 Å². The van der Waals surface area contributed by atoms with Crippen LogP contribution < -0.4 is 5.73 Å². The zero-order valence-corrected chi connectivity index (χ0v) is 7.29. The standard InChI is InChI=1S/C9H18N2/c1-11-5-3-2-4-9(11)7-6-8(7)10/h7-9H,2-6,10H2,1H3/t7-,8-,9?/m1/s1. The highest BCUT2D eigenvalue weighted by molar-refractivity contribution is 4.99. The van der Waals surface area contributed by atoms with E-state index in [2.05, 4.69) is 11.9 Å². The van der Waals surface area contributed by atoms with Crippen LogP contribution >= 0.6 is 0 Å². The van der Waals surface area contributed by atoms with Gasteiger partial charge in [-0.05, 0) is 38.8 Å². The van der Waals surface area contributed by atoms with Crippen LogP contribution in [-0.2, 0) is 0 Å². The van der Waals surface area contributed by atoms with E-state index in [-0.39, 0.29) is 0 Å². The van der Waals surface area contributed by atoms with Crippen molar-refractivity contribution < 1.29 is 0 Å². The Bertz CT molecular complexity index is 144. The molecule has 1 aliphatic carbocycles. The van der Waals surface area contributed by atoms with Crippen LogP contribution in [0.2, 0.25) is 0 Å². The van der Waals surface area contributed by atoms with Crippen molar-refractivity contribution in [2.45, 2.75) is 37.8 Å². The van der Waals surface area contributed by atoms with Gasteiger partial charge in [0.1, 0.15) is 0 Å². The fourth-order valence-electron chi connectivity index (χ4n) is 2.32. The zero-order chi connectivity index (χ0) is 7.84. The van der Waals surface area contributed by atoms with Gasteiger partial charge in [-0.3, -0.25) is 0 Å². The van der Waals surface area contributed by atoms with Crippen LogP contribution in [0.4, 0.5) is 0 Å². The van der Waals surface area contributed by atoms with E-state index in [4.69, 9.17) is 5.73 Å². The van der Waals surface area contributed by atoms with E-state index in [1.54, 1.807) is 0 Å². The Balaban J connectivity index is 1.90. The van der Waals surface area contributed by atoms with Gasteiger partial charge in [-0.1, -0.05) is 6.42 Å². The number of nitrogens with zero attached hydrogens (tertiary/aromatic N) is 1. The van der Waals surface area contributed by atoms with E-state index in [0.29, 0.717) is 6.04 Å². The van der Waals surface area contributed by atoms with Crippen LogP contribution in [-0.4, -0.2) is 30.6 Å². The van der Waals surface area contributed by atoms with E-state index < -0.39 is 0 Å². The highest BCUT2D eigenvalue weighted by Crippen LogP contribution is 2.37. The molecule has 1 unspecified atom stereocenters. The van der Waals surface area contributed by atoms with Crippen LogP contribution in [0, 0.1) is 5.92 Å². The summed E-state index contributed by atoms with van der Waals surface area (Å²) in [7, 11) is 2.24. The molecule has 0 aromatic heterocycles. The molecule has 11 heavy (non-hydrogen) atoms. The highest BCUT2D eigenvalue weighted by atomic mass is 15.1. The molecule has 0 radical (unpaired) electrons. The van der Waals surface area contributed by atoms with E-state index in [1.807, 2.05) is 0 Å². The molecule has 0 bridgehead atoms. The first-order valence-corrected chi connectivity index (χ1v) is 4.75. The van der Waals surface area contributed by atoms with Crippen molar-refractivity contribution in [3.05, 3.63) is 0 Å². The molecule has 2 aliphatic rings. The first-order chi connectivity index (χ1) is 5.29. The molecule has 1 aliphatic heterocycles. The van der Waals surface area contributed by atoms with Gasteiger partial charge in [0, 0.05) is 12.1 Å². The predicted molar refractivity (Wildman–Crippen MR) is 46.4 cm³/mol. The molecule has 3 atom stereocenters. The number of piperidine rings is 1. The van der Waals surface area contributed by atoms with Gasteiger partial charge < -0.3 is 10.6 Å². The molecular weight excluding hydrogens is 136 g/mol. The Morgan fingerprint density at radius 1 is 1.36 bits per heavy atom. The van der Waals surface area contributed by atoms with Crippen molar-refractivity contribution in [2.75, 3.05) is 13.6 Å². The molecule has 2 N–H and O–H groups in total. The number of rotatable bonds is 1. The average Bonchev–Trinajstić information content (AvgIpc) is 2.68. The van der Waals surface area contributed by atoms with Crippen LogP contribution in [0.15, 0.2) is 0 Å². The van der Waals surface area contributed by atoms with Crippen molar-refractivity contribution in [1.82, 2.24) is 4.90 Å². The maximum absolute atomic E-state index is 5.83. The van der Waals surface area contributed by atoms with Crippen LogP contribution in [0.25, 0.3) is 0 Å². The highest BCUT2D eigenvalue weighted by Gasteiger charge is 2.42. The second-order valence-corrected chi connectivity index (χ2v) is 4.11. The number of hydrogen-bond acceptors (Lipinski definition) is 2. The average molecular weight is 154 g/mol. The largest absolute Gasteiger partial charge is 0.327 e. The second-order valence-electron chi connectivity index (χ2n) is 4.11. The molecule has 2 heteroatoms. The van der Waals surface area contributed by atoms with Crippen LogP contribution in [0.1, 0.15) is 25.7 Å². The first kappa shape index (κ1) is 7.56. The molecule has 0 amide bonds. The molecule has 0 spiro atoms. The fourth-order valence-corrected chi connectivity index (χ4v) is 2.32. The van der Waals surface area contributed by atoms with Crippen molar-refractivity contribution in [1.29, 1.82) is 0 Å². The Kier molecular flexibility index (Phi) is 1.90. The first-order valence-electron chi connectivity index (χ1n) is 4.75. The number of likely N-dealkylation sites (tertiary alicyclic amines) is 1. The van der Waals surface area contributed by atoms with Gasteiger partial charge in [0.25, 0.3) is 0 Å². The Hall–Kier alpha value is -0.0800. The van der Waals surface area contributed by atoms with Crippen molar-refractivity contribution in [3.63, 3.8) is 0 Å². The molecule has 1 saturated carbocycles. The lowest BCUT2D eigenvalue weighted by Gasteiger charge is -2.32. The summed E-state index contributed by atoms with van der Waals surface area (Å²) >= 11 is 0. The van der Waals surface area contributed by atoms with Crippen molar-refractivity contribution in [3.8, 4) is 0 Å². The Morgan fingerprint density at radius 3 is 2.64 bits per heavy atom.